The smallest absolute Gasteiger partial charge is 0.205 e. The Bertz CT molecular complexity index is 683. The van der Waals surface area contributed by atoms with E-state index in [-0.39, 0.29) is 0 Å². The maximum absolute atomic E-state index is 5.65. The Morgan fingerprint density at radius 1 is 1.11 bits per heavy atom. The van der Waals surface area contributed by atoms with Crippen molar-refractivity contribution >= 4 is 28.4 Å². The van der Waals surface area contributed by atoms with Crippen LogP contribution in [0.3, 0.4) is 0 Å². The molecule has 3 aromatic rings. The molecule has 0 saturated carbocycles. The van der Waals surface area contributed by atoms with Crippen LogP contribution in [0.15, 0.2) is 42.5 Å². The summed E-state index contributed by atoms with van der Waals surface area (Å²) in [6.07, 6.45) is 0. The van der Waals surface area contributed by atoms with Crippen LogP contribution in [0.25, 0.3) is 11.0 Å². The average molecular weight is 238 g/mol. The standard InChI is InChI=1S/C14H14N4/c1-9-2-7-12-13(8-9)18-14(17-12)16-11-5-3-10(15)4-6-11/h2-8H,15H2,1H3,(H2,16,17,18). The number of benzene rings is 2. The zero-order valence-corrected chi connectivity index (χ0v) is 10.1. The Hall–Kier alpha value is -2.49. The van der Waals surface area contributed by atoms with E-state index in [0.29, 0.717) is 0 Å². The van der Waals surface area contributed by atoms with E-state index in [1.165, 1.54) is 5.56 Å². The monoisotopic (exact) mass is 238 g/mol. The fourth-order valence-electron chi connectivity index (χ4n) is 1.89. The summed E-state index contributed by atoms with van der Waals surface area (Å²) in [5.41, 5.74) is 10.6. The lowest BCUT2D eigenvalue weighted by molar-refractivity contribution is 1.31. The fraction of sp³-hybridized carbons (Fsp3) is 0.0714. The molecule has 1 aromatic heterocycles. The van der Waals surface area contributed by atoms with Crippen molar-refractivity contribution in [2.24, 2.45) is 0 Å². The molecule has 0 aliphatic rings. The first kappa shape index (κ1) is 10.7. The number of aryl methyl sites for hydroxylation is 1. The van der Waals surface area contributed by atoms with Crippen LogP contribution in [0.4, 0.5) is 17.3 Å². The van der Waals surface area contributed by atoms with Crippen LogP contribution in [-0.2, 0) is 0 Å². The maximum Gasteiger partial charge on any atom is 0.205 e. The van der Waals surface area contributed by atoms with E-state index in [2.05, 4.69) is 34.3 Å². The molecule has 0 spiro atoms. The van der Waals surface area contributed by atoms with Gasteiger partial charge in [0.1, 0.15) is 0 Å². The molecule has 4 N–H and O–H groups in total. The molecule has 0 aliphatic heterocycles. The van der Waals surface area contributed by atoms with Gasteiger partial charge in [-0.05, 0) is 48.9 Å². The van der Waals surface area contributed by atoms with Gasteiger partial charge in [-0.15, -0.1) is 0 Å². The molecule has 0 radical (unpaired) electrons. The Morgan fingerprint density at radius 2 is 1.89 bits per heavy atom. The number of nitrogens with one attached hydrogen (secondary N) is 2. The first-order valence-electron chi connectivity index (χ1n) is 5.80. The van der Waals surface area contributed by atoms with Crippen molar-refractivity contribution in [2.45, 2.75) is 6.92 Å². The van der Waals surface area contributed by atoms with E-state index in [4.69, 9.17) is 5.73 Å². The largest absolute Gasteiger partial charge is 0.399 e. The second-order valence-electron chi connectivity index (χ2n) is 4.35. The summed E-state index contributed by atoms with van der Waals surface area (Å²) in [6, 6.07) is 13.7. The van der Waals surface area contributed by atoms with Crippen LogP contribution in [0.2, 0.25) is 0 Å². The summed E-state index contributed by atoms with van der Waals surface area (Å²) < 4.78 is 0. The third-order valence-corrected chi connectivity index (χ3v) is 2.81. The number of anilines is 3. The van der Waals surface area contributed by atoms with Crippen LogP contribution in [0, 0.1) is 6.92 Å². The number of imidazole rings is 1. The van der Waals surface area contributed by atoms with Gasteiger partial charge >= 0.3 is 0 Å². The molecule has 0 saturated heterocycles. The Kier molecular flexibility index (Phi) is 2.41. The SMILES string of the molecule is Cc1ccc2nc(Nc3ccc(N)cc3)[nH]c2c1. The number of nitrogens with two attached hydrogens (primary N) is 1. The molecule has 4 heteroatoms. The summed E-state index contributed by atoms with van der Waals surface area (Å²) in [6.45, 7) is 2.06. The maximum atomic E-state index is 5.65. The minimum atomic E-state index is 0.736. The third kappa shape index (κ3) is 2.00. The molecule has 0 atom stereocenters. The molecule has 90 valence electrons. The summed E-state index contributed by atoms with van der Waals surface area (Å²) >= 11 is 0. The number of nitrogen functional groups attached to an aromatic ring is 1. The van der Waals surface area contributed by atoms with Gasteiger partial charge in [0.25, 0.3) is 0 Å². The lowest BCUT2D eigenvalue weighted by Gasteiger charge is -2.02. The number of hydrogen-bond acceptors (Lipinski definition) is 3. The summed E-state index contributed by atoms with van der Waals surface area (Å²) in [7, 11) is 0. The number of rotatable bonds is 2. The summed E-state index contributed by atoms with van der Waals surface area (Å²) in [4.78, 5) is 7.72. The summed E-state index contributed by atoms with van der Waals surface area (Å²) in [5, 5.41) is 3.22. The fourth-order valence-corrected chi connectivity index (χ4v) is 1.89. The highest BCUT2D eigenvalue weighted by Gasteiger charge is 2.02. The Labute approximate surface area is 105 Å². The number of hydrogen-bond donors (Lipinski definition) is 3. The molecule has 0 unspecified atom stereocenters. The normalized spacial score (nSPS) is 10.7. The van der Waals surface area contributed by atoms with E-state index < -0.39 is 0 Å². The minimum absolute atomic E-state index is 0.736. The van der Waals surface area contributed by atoms with E-state index in [1.54, 1.807) is 0 Å². The zero-order chi connectivity index (χ0) is 12.5. The first-order valence-corrected chi connectivity index (χ1v) is 5.80. The Balaban J connectivity index is 1.92. The molecule has 0 amide bonds. The van der Waals surface area contributed by atoms with Crippen molar-refractivity contribution in [3.05, 3.63) is 48.0 Å². The van der Waals surface area contributed by atoms with Gasteiger partial charge < -0.3 is 16.0 Å². The van der Waals surface area contributed by atoms with Gasteiger partial charge in [-0.1, -0.05) is 6.07 Å². The molecule has 18 heavy (non-hydrogen) atoms. The van der Waals surface area contributed by atoms with Gasteiger partial charge in [0.05, 0.1) is 11.0 Å². The number of aromatic nitrogens is 2. The van der Waals surface area contributed by atoms with Crippen LogP contribution < -0.4 is 11.1 Å². The molecule has 0 aliphatic carbocycles. The van der Waals surface area contributed by atoms with Gasteiger partial charge in [0.2, 0.25) is 5.95 Å². The topological polar surface area (TPSA) is 66.7 Å². The molecule has 0 bridgehead atoms. The van der Waals surface area contributed by atoms with Crippen molar-refractivity contribution in [1.82, 2.24) is 9.97 Å². The van der Waals surface area contributed by atoms with Gasteiger partial charge in [-0.25, -0.2) is 4.98 Å². The molecule has 3 rings (SSSR count). The molecule has 1 heterocycles. The molecule has 0 fully saturated rings. The lowest BCUT2D eigenvalue weighted by Crippen LogP contribution is -1.92. The second kappa shape index (κ2) is 4.07. The highest BCUT2D eigenvalue weighted by Crippen LogP contribution is 2.19. The number of H-pyrrole nitrogens is 1. The highest BCUT2D eigenvalue weighted by molar-refractivity contribution is 5.79. The van der Waals surface area contributed by atoms with Crippen LogP contribution >= 0.6 is 0 Å². The molecular weight excluding hydrogens is 224 g/mol. The first-order chi connectivity index (χ1) is 8.70. The van der Waals surface area contributed by atoms with E-state index in [1.807, 2.05) is 30.3 Å². The van der Waals surface area contributed by atoms with Crippen LogP contribution in [0.1, 0.15) is 5.56 Å². The van der Waals surface area contributed by atoms with Crippen LogP contribution in [0.5, 0.6) is 0 Å². The second-order valence-corrected chi connectivity index (χ2v) is 4.35. The van der Waals surface area contributed by atoms with Crippen molar-refractivity contribution in [3.8, 4) is 0 Å². The number of fused-ring (bicyclic) bond motifs is 1. The van der Waals surface area contributed by atoms with Crippen molar-refractivity contribution in [2.75, 3.05) is 11.1 Å². The number of nitrogens with zero attached hydrogens (tertiary/aromatic N) is 1. The van der Waals surface area contributed by atoms with E-state index >= 15 is 0 Å². The van der Waals surface area contributed by atoms with Crippen molar-refractivity contribution in [3.63, 3.8) is 0 Å². The van der Waals surface area contributed by atoms with Crippen LogP contribution in [-0.4, -0.2) is 9.97 Å². The highest BCUT2D eigenvalue weighted by atomic mass is 15.1. The lowest BCUT2D eigenvalue weighted by atomic mass is 10.2. The van der Waals surface area contributed by atoms with Gasteiger partial charge in [-0.3, -0.25) is 0 Å². The number of aromatic amines is 1. The quantitative estimate of drug-likeness (QED) is 0.600. The molecule has 2 aromatic carbocycles. The zero-order valence-electron chi connectivity index (χ0n) is 10.1. The van der Waals surface area contributed by atoms with Gasteiger partial charge in [0, 0.05) is 11.4 Å². The van der Waals surface area contributed by atoms with Crippen molar-refractivity contribution < 1.29 is 0 Å². The predicted molar refractivity (Wildman–Crippen MR) is 75.0 cm³/mol. The molecular formula is C14H14N4. The van der Waals surface area contributed by atoms with Gasteiger partial charge in [-0.2, -0.15) is 0 Å². The minimum Gasteiger partial charge on any atom is -0.399 e. The molecule has 4 nitrogen and oxygen atoms in total. The average Bonchev–Trinajstić information content (AvgIpc) is 2.73. The third-order valence-electron chi connectivity index (χ3n) is 2.81. The van der Waals surface area contributed by atoms with E-state index in [9.17, 15) is 0 Å². The van der Waals surface area contributed by atoms with E-state index in [0.717, 1.165) is 28.4 Å². The Morgan fingerprint density at radius 3 is 2.67 bits per heavy atom. The summed E-state index contributed by atoms with van der Waals surface area (Å²) in [5.74, 6) is 0.736. The van der Waals surface area contributed by atoms with Gasteiger partial charge in [0.15, 0.2) is 0 Å². The predicted octanol–water partition coefficient (Wildman–Crippen LogP) is 3.20. The van der Waals surface area contributed by atoms with Crippen molar-refractivity contribution in [1.29, 1.82) is 0 Å².